The van der Waals surface area contributed by atoms with Crippen LogP contribution in [-0.2, 0) is 11.3 Å². The standard InChI is InChI=1S/C12H16O2/c13-11-5-3-4-10(8-11)9-14-12-6-1-2-7-12/h3-5,8,12-13H,1-2,6-7,9H2. The van der Waals surface area contributed by atoms with Gasteiger partial charge in [0.15, 0.2) is 0 Å². The Kier molecular flexibility index (Phi) is 3.04. The lowest BCUT2D eigenvalue weighted by Gasteiger charge is -2.10. The van der Waals surface area contributed by atoms with Crippen LogP contribution in [0.15, 0.2) is 24.3 Å². The van der Waals surface area contributed by atoms with Crippen LogP contribution >= 0.6 is 0 Å². The molecule has 0 aromatic heterocycles. The summed E-state index contributed by atoms with van der Waals surface area (Å²) in [5, 5.41) is 9.25. The summed E-state index contributed by atoms with van der Waals surface area (Å²) in [6.07, 6.45) is 5.42. The molecule has 2 rings (SSSR count). The highest BCUT2D eigenvalue weighted by atomic mass is 16.5. The van der Waals surface area contributed by atoms with E-state index in [9.17, 15) is 5.11 Å². The van der Waals surface area contributed by atoms with Crippen LogP contribution in [0.1, 0.15) is 31.2 Å². The fraction of sp³-hybridized carbons (Fsp3) is 0.500. The molecule has 1 N–H and O–H groups in total. The molecule has 0 atom stereocenters. The van der Waals surface area contributed by atoms with Crippen molar-refractivity contribution in [3.8, 4) is 5.75 Å². The van der Waals surface area contributed by atoms with Gasteiger partial charge in [-0.1, -0.05) is 25.0 Å². The molecule has 1 aromatic rings. The Morgan fingerprint density at radius 3 is 2.79 bits per heavy atom. The Bertz CT molecular complexity index is 290. The number of rotatable bonds is 3. The molecule has 0 amide bonds. The van der Waals surface area contributed by atoms with Gasteiger partial charge in [-0.05, 0) is 30.5 Å². The van der Waals surface area contributed by atoms with Gasteiger partial charge in [0.25, 0.3) is 0 Å². The van der Waals surface area contributed by atoms with Crippen LogP contribution < -0.4 is 0 Å². The monoisotopic (exact) mass is 192 g/mol. The largest absolute Gasteiger partial charge is 0.508 e. The third kappa shape index (κ3) is 2.48. The zero-order chi connectivity index (χ0) is 9.80. The van der Waals surface area contributed by atoms with Crippen LogP contribution in [0.4, 0.5) is 0 Å². The van der Waals surface area contributed by atoms with E-state index in [1.807, 2.05) is 12.1 Å². The van der Waals surface area contributed by atoms with E-state index in [1.54, 1.807) is 12.1 Å². The Balaban J connectivity index is 1.85. The molecular weight excluding hydrogens is 176 g/mol. The number of hydrogen-bond acceptors (Lipinski definition) is 2. The lowest BCUT2D eigenvalue weighted by Crippen LogP contribution is -2.06. The summed E-state index contributed by atoms with van der Waals surface area (Å²) in [5.41, 5.74) is 1.05. The predicted octanol–water partition coefficient (Wildman–Crippen LogP) is 2.85. The maximum Gasteiger partial charge on any atom is 0.115 e. The first kappa shape index (κ1) is 9.53. The van der Waals surface area contributed by atoms with Gasteiger partial charge in [0.1, 0.15) is 5.75 Å². The van der Waals surface area contributed by atoms with Crippen molar-refractivity contribution in [3.63, 3.8) is 0 Å². The number of phenols is 1. The molecule has 2 heteroatoms. The first-order valence-electron chi connectivity index (χ1n) is 5.24. The molecule has 0 aliphatic heterocycles. The van der Waals surface area contributed by atoms with Crippen molar-refractivity contribution < 1.29 is 9.84 Å². The van der Waals surface area contributed by atoms with E-state index < -0.39 is 0 Å². The second-order valence-electron chi connectivity index (χ2n) is 3.89. The topological polar surface area (TPSA) is 29.5 Å². The number of aromatic hydroxyl groups is 1. The van der Waals surface area contributed by atoms with Gasteiger partial charge in [-0.2, -0.15) is 0 Å². The summed E-state index contributed by atoms with van der Waals surface area (Å²) >= 11 is 0. The van der Waals surface area contributed by atoms with E-state index in [-0.39, 0.29) is 0 Å². The van der Waals surface area contributed by atoms with Gasteiger partial charge >= 0.3 is 0 Å². The van der Waals surface area contributed by atoms with Crippen molar-refractivity contribution in [1.82, 2.24) is 0 Å². The van der Waals surface area contributed by atoms with Crippen molar-refractivity contribution in [2.75, 3.05) is 0 Å². The first-order valence-corrected chi connectivity index (χ1v) is 5.24. The quantitative estimate of drug-likeness (QED) is 0.798. The van der Waals surface area contributed by atoms with Gasteiger partial charge in [0.05, 0.1) is 12.7 Å². The van der Waals surface area contributed by atoms with Gasteiger partial charge in [-0.3, -0.25) is 0 Å². The molecule has 2 nitrogen and oxygen atoms in total. The van der Waals surface area contributed by atoms with Gasteiger partial charge in [0.2, 0.25) is 0 Å². The van der Waals surface area contributed by atoms with E-state index in [4.69, 9.17) is 4.74 Å². The Morgan fingerprint density at radius 1 is 1.29 bits per heavy atom. The summed E-state index contributed by atoms with van der Waals surface area (Å²) in [5.74, 6) is 0.317. The summed E-state index contributed by atoms with van der Waals surface area (Å²) < 4.78 is 5.73. The average Bonchev–Trinajstić information content (AvgIpc) is 2.67. The highest BCUT2D eigenvalue weighted by Gasteiger charge is 2.14. The number of phenolic OH excluding ortho intramolecular Hbond substituents is 1. The van der Waals surface area contributed by atoms with Crippen LogP contribution in [0.25, 0.3) is 0 Å². The second-order valence-corrected chi connectivity index (χ2v) is 3.89. The van der Waals surface area contributed by atoms with E-state index in [2.05, 4.69) is 0 Å². The van der Waals surface area contributed by atoms with Crippen LogP contribution in [0, 0.1) is 0 Å². The Labute approximate surface area is 84.5 Å². The molecule has 1 saturated carbocycles. The fourth-order valence-electron chi connectivity index (χ4n) is 1.92. The van der Waals surface area contributed by atoms with Crippen LogP contribution in [0.3, 0.4) is 0 Å². The third-order valence-corrected chi connectivity index (χ3v) is 2.70. The van der Waals surface area contributed by atoms with E-state index in [0.717, 1.165) is 5.56 Å². The number of ether oxygens (including phenoxy) is 1. The summed E-state index contributed by atoms with van der Waals surface area (Å²) in [6, 6.07) is 7.27. The molecule has 1 aliphatic carbocycles. The van der Waals surface area contributed by atoms with Gasteiger partial charge in [-0.15, -0.1) is 0 Å². The minimum atomic E-state index is 0.317. The third-order valence-electron chi connectivity index (χ3n) is 2.70. The minimum absolute atomic E-state index is 0.317. The zero-order valence-corrected chi connectivity index (χ0v) is 8.28. The van der Waals surface area contributed by atoms with Crippen LogP contribution in [-0.4, -0.2) is 11.2 Å². The molecule has 1 aromatic carbocycles. The molecule has 1 aliphatic rings. The molecule has 0 spiro atoms. The molecule has 76 valence electrons. The maximum absolute atomic E-state index is 9.25. The predicted molar refractivity (Wildman–Crippen MR) is 55.2 cm³/mol. The van der Waals surface area contributed by atoms with E-state index in [0.29, 0.717) is 18.5 Å². The summed E-state index contributed by atoms with van der Waals surface area (Å²) in [4.78, 5) is 0. The van der Waals surface area contributed by atoms with Crippen molar-refractivity contribution in [1.29, 1.82) is 0 Å². The van der Waals surface area contributed by atoms with E-state index in [1.165, 1.54) is 25.7 Å². The Morgan fingerprint density at radius 2 is 2.07 bits per heavy atom. The highest BCUT2D eigenvalue weighted by molar-refractivity contribution is 5.26. The lowest BCUT2D eigenvalue weighted by molar-refractivity contribution is 0.0456. The summed E-state index contributed by atoms with van der Waals surface area (Å²) in [7, 11) is 0. The van der Waals surface area contributed by atoms with Crippen molar-refractivity contribution in [3.05, 3.63) is 29.8 Å². The maximum atomic E-state index is 9.25. The van der Waals surface area contributed by atoms with Crippen molar-refractivity contribution in [2.45, 2.75) is 38.4 Å². The average molecular weight is 192 g/mol. The number of benzene rings is 1. The van der Waals surface area contributed by atoms with Crippen LogP contribution in [0.5, 0.6) is 5.75 Å². The van der Waals surface area contributed by atoms with Gasteiger partial charge in [-0.25, -0.2) is 0 Å². The smallest absolute Gasteiger partial charge is 0.115 e. The van der Waals surface area contributed by atoms with Gasteiger partial charge < -0.3 is 9.84 Å². The van der Waals surface area contributed by atoms with Crippen molar-refractivity contribution >= 4 is 0 Å². The first-order chi connectivity index (χ1) is 6.84. The van der Waals surface area contributed by atoms with Crippen molar-refractivity contribution in [2.24, 2.45) is 0 Å². The highest BCUT2D eigenvalue weighted by Crippen LogP contribution is 2.22. The number of hydrogen-bond donors (Lipinski definition) is 1. The molecule has 0 radical (unpaired) electrons. The minimum Gasteiger partial charge on any atom is -0.508 e. The second kappa shape index (κ2) is 4.47. The van der Waals surface area contributed by atoms with Gasteiger partial charge in [0, 0.05) is 0 Å². The fourth-order valence-corrected chi connectivity index (χ4v) is 1.92. The molecular formula is C12H16O2. The molecule has 0 bridgehead atoms. The SMILES string of the molecule is Oc1cccc(COC2CCCC2)c1. The zero-order valence-electron chi connectivity index (χ0n) is 8.28. The van der Waals surface area contributed by atoms with E-state index >= 15 is 0 Å². The molecule has 0 unspecified atom stereocenters. The lowest BCUT2D eigenvalue weighted by atomic mass is 10.2. The molecule has 1 fully saturated rings. The molecule has 0 heterocycles. The Hall–Kier alpha value is -1.02. The molecule has 14 heavy (non-hydrogen) atoms. The normalized spacial score (nSPS) is 17.4. The summed E-state index contributed by atoms with van der Waals surface area (Å²) in [6.45, 7) is 0.624. The van der Waals surface area contributed by atoms with Crippen LogP contribution in [0.2, 0.25) is 0 Å². The molecule has 0 saturated heterocycles.